The summed E-state index contributed by atoms with van der Waals surface area (Å²) in [7, 11) is 0. The maximum atomic E-state index is 11.9. The van der Waals surface area contributed by atoms with Crippen molar-refractivity contribution in [2.45, 2.75) is 45.8 Å². The molecule has 1 aliphatic rings. The molecule has 0 aliphatic carbocycles. The van der Waals surface area contributed by atoms with Gasteiger partial charge in [0, 0.05) is 6.54 Å². The topological polar surface area (TPSA) is 32.3 Å². The highest BCUT2D eigenvalue weighted by Crippen LogP contribution is 2.18. The lowest BCUT2D eigenvalue weighted by atomic mass is 10.1. The molecule has 0 bridgehead atoms. The Morgan fingerprint density at radius 3 is 2.69 bits per heavy atom. The first kappa shape index (κ1) is 13.8. The molecule has 1 N–H and O–H groups in total. The van der Waals surface area contributed by atoms with E-state index in [4.69, 9.17) is 0 Å². The van der Waals surface area contributed by atoms with E-state index in [1.54, 1.807) is 0 Å². The van der Waals surface area contributed by atoms with Crippen LogP contribution in [-0.4, -0.2) is 41.6 Å². The van der Waals surface area contributed by atoms with E-state index in [-0.39, 0.29) is 18.1 Å². The number of thioether (sulfide) groups is 1. The Morgan fingerprint density at radius 1 is 1.44 bits per heavy atom. The molecule has 1 saturated heterocycles. The van der Waals surface area contributed by atoms with Crippen molar-refractivity contribution in [2.75, 3.05) is 18.6 Å². The van der Waals surface area contributed by atoms with E-state index in [1.165, 1.54) is 12.2 Å². The minimum Gasteiger partial charge on any atom is -0.326 e. The number of nitrogens with one attached hydrogen (secondary N) is 1. The van der Waals surface area contributed by atoms with Gasteiger partial charge in [-0.05, 0) is 37.7 Å². The summed E-state index contributed by atoms with van der Waals surface area (Å²) in [5.41, 5.74) is 0. The van der Waals surface area contributed by atoms with E-state index in [0.717, 1.165) is 13.0 Å². The van der Waals surface area contributed by atoms with E-state index < -0.39 is 0 Å². The van der Waals surface area contributed by atoms with Crippen LogP contribution in [0.15, 0.2) is 0 Å². The molecule has 0 aromatic heterocycles. The van der Waals surface area contributed by atoms with E-state index in [2.05, 4.69) is 25.4 Å². The maximum Gasteiger partial charge on any atom is 0.240 e. The quantitative estimate of drug-likeness (QED) is 0.725. The van der Waals surface area contributed by atoms with Crippen molar-refractivity contribution < 1.29 is 4.79 Å². The van der Waals surface area contributed by atoms with Crippen LogP contribution in [0.2, 0.25) is 0 Å². The van der Waals surface area contributed by atoms with Crippen LogP contribution in [0.1, 0.15) is 33.6 Å². The molecule has 0 radical (unpaired) electrons. The SMILES string of the molecule is CSCCCCN1C(=O)C(C)NC1C(C)C. The van der Waals surface area contributed by atoms with E-state index in [0.29, 0.717) is 5.92 Å². The fraction of sp³-hybridized carbons (Fsp3) is 0.917. The van der Waals surface area contributed by atoms with Crippen LogP contribution in [0, 0.1) is 5.92 Å². The Kier molecular flexibility index (Phi) is 5.62. The number of unbranched alkanes of at least 4 members (excludes halogenated alkanes) is 1. The van der Waals surface area contributed by atoms with Gasteiger partial charge in [0.1, 0.15) is 0 Å². The molecule has 1 heterocycles. The predicted octanol–water partition coefficient (Wildman–Crippen LogP) is 1.93. The lowest BCUT2D eigenvalue weighted by Crippen LogP contribution is -2.41. The molecule has 0 saturated carbocycles. The van der Waals surface area contributed by atoms with Crippen molar-refractivity contribution in [3.8, 4) is 0 Å². The first-order chi connectivity index (χ1) is 7.57. The van der Waals surface area contributed by atoms with Gasteiger partial charge in [0.25, 0.3) is 0 Å². The monoisotopic (exact) mass is 244 g/mol. The molecule has 94 valence electrons. The van der Waals surface area contributed by atoms with Gasteiger partial charge in [0.05, 0.1) is 12.2 Å². The van der Waals surface area contributed by atoms with Gasteiger partial charge in [0.15, 0.2) is 0 Å². The van der Waals surface area contributed by atoms with E-state index >= 15 is 0 Å². The maximum absolute atomic E-state index is 11.9. The number of carbonyl (C=O) groups excluding carboxylic acids is 1. The molecule has 1 amide bonds. The molecule has 3 nitrogen and oxygen atoms in total. The van der Waals surface area contributed by atoms with Gasteiger partial charge in [-0.15, -0.1) is 0 Å². The molecular weight excluding hydrogens is 220 g/mol. The number of hydrogen-bond donors (Lipinski definition) is 1. The molecule has 0 aromatic carbocycles. The highest BCUT2D eigenvalue weighted by molar-refractivity contribution is 7.98. The molecule has 2 atom stereocenters. The molecular formula is C12H24N2OS. The van der Waals surface area contributed by atoms with Gasteiger partial charge in [-0.3, -0.25) is 10.1 Å². The van der Waals surface area contributed by atoms with Gasteiger partial charge in [-0.2, -0.15) is 11.8 Å². The van der Waals surface area contributed by atoms with Crippen LogP contribution < -0.4 is 5.32 Å². The first-order valence-corrected chi connectivity index (χ1v) is 7.52. The average molecular weight is 244 g/mol. The van der Waals surface area contributed by atoms with Gasteiger partial charge >= 0.3 is 0 Å². The zero-order valence-corrected chi connectivity index (χ0v) is 11.6. The zero-order valence-electron chi connectivity index (χ0n) is 10.8. The van der Waals surface area contributed by atoms with Gasteiger partial charge in [0.2, 0.25) is 5.91 Å². The Morgan fingerprint density at radius 2 is 2.12 bits per heavy atom. The van der Waals surface area contributed by atoms with Crippen molar-refractivity contribution in [3.63, 3.8) is 0 Å². The summed E-state index contributed by atoms with van der Waals surface area (Å²) in [6.07, 6.45) is 4.67. The fourth-order valence-electron chi connectivity index (χ4n) is 2.13. The number of rotatable bonds is 6. The Hall–Kier alpha value is -0.220. The predicted molar refractivity (Wildman–Crippen MR) is 70.6 cm³/mol. The van der Waals surface area contributed by atoms with Crippen LogP contribution in [0.4, 0.5) is 0 Å². The molecule has 0 aromatic rings. The zero-order chi connectivity index (χ0) is 12.1. The molecule has 4 heteroatoms. The third kappa shape index (κ3) is 3.39. The summed E-state index contributed by atoms with van der Waals surface area (Å²) in [5, 5.41) is 3.37. The lowest BCUT2D eigenvalue weighted by molar-refractivity contribution is -0.130. The van der Waals surface area contributed by atoms with Crippen LogP contribution in [0.25, 0.3) is 0 Å². The minimum absolute atomic E-state index is 0.00653. The molecule has 1 rings (SSSR count). The third-order valence-corrected chi connectivity index (χ3v) is 3.74. The van der Waals surface area contributed by atoms with Crippen LogP contribution in [0.3, 0.4) is 0 Å². The summed E-state index contributed by atoms with van der Waals surface area (Å²) in [6, 6.07) is -0.00653. The summed E-state index contributed by atoms with van der Waals surface area (Å²) < 4.78 is 0. The molecule has 1 aliphatic heterocycles. The summed E-state index contributed by atoms with van der Waals surface area (Å²) in [6.45, 7) is 7.19. The van der Waals surface area contributed by atoms with Crippen molar-refractivity contribution in [1.29, 1.82) is 0 Å². The second-order valence-electron chi connectivity index (χ2n) is 4.81. The molecule has 0 spiro atoms. The van der Waals surface area contributed by atoms with Crippen molar-refractivity contribution in [2.24, 2.45) is 5.92 Å². The van der Waals surface area contributed by atoms with Gasteiger partial charge in [-0.1, -0.05) is 13.8 Å². The standard InChI is InChI=1S/C12H24N2OS/c1-9(2)11-13-10(3)12(15)14(11)7-5-6-8-16-4/h9-11,13H,5-8H2,1-4H3. The van der Waals surface area contributed by atoms with Crippen molar-refractivity contribution >= 4 is 17.7 Å². The number of hydrogen-bond acceptors (Lipinski definition) is 3. The number of nitrogens with zero attached hydrogens (tertiary/aromatic N) is 1. The largest absolute Gasteiger partial charge is 0.326 e. The van der Waals surface area contributed by atoms with Crippen LogP contribution in [0.5, 0.6) is 0 Å². The fourth-order valence-corrected chi connectivity index (χ4v) is 2.63. The Bertz CT molecular complexity index is 233. The van der Waals surface area contributed by atoms with Crippen LogP contribution in [-0.2, 0) is 4.79 Å². The second-order valence-corrected chi connectivity index (χ2v) is 5.79. The molecule has 16 heavy (non-hydrogen) atoms. The number of carbonyl (C=O) groups is 1. The summed E-state index contributed by atoms with van der Waals surface area (Å²) >= 11 is 1.87. The second kappa shape index (κ2) is 6.50. The van der Waals surface area contributed by atoms with Crippen LogP contribution >= 0.6 is 11.8 Å². The van der Waals surface area contributed by atoms with Crippen molar-refractivity contribution in [3.05, 3.63) is 0 Å². The first-order valence-electron chi connectivity index (χ1n) is 6.13. The molecule has 2 unspecified atom stereocenters. The lowest BCUT2D eigenvalue weighted by Gasteiger charge is -2.27. The molecule has 1 fully saturated rings. The van der Waals surface area contributed by atoms with Gasteiger partial charge in [-0.25, -0.2) is 0 Å². The van der Waals surface area contributed by atoms with E-state index in [9.17, 15) is 4.79 Å². The smallest absolute Gasteiger partial charge is 0.240 e. The van der Waals surface area contributed by atoms with E-state index in [1.807, 2.05) is 23.6 Å². The number of amides is 1. The summed E-state index contributed by atoms with van der Waals surface area (Å²) in [4.78, 5) is 14.0. The highest BCUT2D eigenvalue weighted by atomic mass is 32.2. The third-order valence-electron chi connectivity index (χ3n) is 3.04. The Balaban J connectivity index is 2.44. The highest BCUT2D eigenvalue weighted by Gasteiger charge is 2.36. The average Bonchev–Trinajstić information content (AvgIpc) is 2.52. The van der Waals surface area contributed by atoms with Crippen molar-refractivity contribution in [1.82, 2.24) is 10.2 Å². The normalized spacial score (nSPS) is 25.8. The Labute approximate surface area is 103 Å². The minimum atomic E-state index is -0.00653. The van der Waals surface area contributed by atoms with Gasteiger partial charge < -0.3 is 4.90 Å². The summed E-state index contributed by atoms with van der Waals surface area (Å²) in [5.74, 6) is 1.94.